The predicted octanol–water partition coefficient (Wildman–Crippen LogP) is 4.77. The molecule has 1 saturated heterocycles. The van der Waals surface area contributed by atoms with Gasteiger partial charge in [-0.15, -0.1) is 4.98 Å². The summed E-state index contributed by atoms with van der Waals surface area (Å²) in [7, 11) is 1.72. The van der Waals surface area contributed by atoms with Crippen LogP contribution in [-0.2, 0) is 13.5 Å². The lowest BCUT2D eigenvalue weighted by Crippen LogP contribution is -2.57. The molecule has 0 bridgehead atoms. The van der Waals surface area contributed by atoms with Gasteiger partial charge in [-0.25, -0.2) is 4.39 Å². The van der Waals surface area contributed by atoms with Crippen molar-refractivity contribution in [2.45, 2.75) is 57.2 Å². The van der Waals surface area contributed by atoms with Gasteiger partial charge < -0.3 is 18.8 Å². The van der Waals surface area contributed by atoms with Gasteiger partial charge in [0.25, 0.3) is 11.4 Å². The Morgan fingerprint density at radius 3 is 2.59 bits per heavy atom. The third-order valence-electron chi connectivity index (χ3n) is 7.96. The summed E-state index contributed by atoms with van der Waals surface area (Å²) in [4.78, 5) is 30.2. The first kappa shape index (κ1) is 25.2. The molecule has 3 aromatic heterocycles. The second-order valence-electron chi connectivity index (χ2n) is 10.7. The zero-order valence-electron chi connectivity index (χ0n) is 22.2. The number of fused-ring (bicyclic) bond motifs is 1. The second kappa shape index (κ2) is 9.89. The van der Waals surface area contributed by atoms with Crippen molar-refractivity contribution in [3.05, 3.63) is 87.3 Å². The smallest absolute Gasteiger partial charge is 0.270 e. The summed E-state index contributed by atoms with van der Waals surface area (Å²) in [5.74, 6) is 1.78. The van der Waals surface area contributed by atoms with E-state index < -0.39 is 0 Å². The molecule has 0 N–H and O–H groups in total. The van der Waals surface area contributed by atoms with Crippen LogP contribution < -0.4 is 10.5 Å². The molecular formula is C29H30FN7O2. The van der Waals surface area contributed by atoms with Crippen molar-refractivity contribution in [1.82, 2.24) is 24.6 Å². The number of rotatable bonds is 6. The fourth-order valence-corrected chi connectivity index (χ4v) is 5.64. The molecule has 4 aromatic rings. The molecule has 200 valence electrons. The highest BCUT2D eigenvalue weighted by atomic mass is 19.1. The van der Waals surface area contributed by atoms with Gasteiger partial charge in [-0.2, -0.15) is 4.98 Å². The number of halogens is 1. The number of nitrogens with zero attached hydrogens (tertiary/aromatic N) is 7. The van der Waals surface area contributed by atoms with Crippen molar-refractivity contribution in [1.29, 1.82) is 0 Å². The van der Waals surface area contributed by atoms with Gasteiger partial charge in [0.05, 0.1) is 11.2 Å². The Balaban J connectivity index is 1.33. The average Bonchev–Trinajstić information content (AvgIpc) is 3.69. The molecule has 1 aromatic carbocycles. The van der Waals surface area contributed by atoms with Crippen LogP contribution in [0, 0.1) is 12.4 Å². The number of hydrogen-bond donors (Lipinski definition) is 0. The van der Waals surface area contributed by atoms with E-state index in [1.54, 1.807) is 29.8 Å². The summed E-state index contributed by atoms with van der Waals surface area (Å²) in [5.41, 5.74) is 2.94. The van der Waals surface area contributed by atoms with Crippen molar-refractivity contribution in [2.75, 3.05) is 18.0 Å². The molecule has 2 fully saturated rings. The Kier molecular flexibility index (Phi) is 6.39. The molecule has 2 aliphatic rings. The third-order valence-corrected chi connectivity index (χ3v) is 7.96. The van der Waals surface area contributed by atoms with Crippen molar-refractivity contribution in [2.24, 2.45) is 7.05 Å². The number of benzene rings is 1. The first-order chi connectivity index (χ1) is 18.8. The van der Waals surface area contributed by atoms with Crippen LogP contribution in [0.5, 0.6) is 0 Å². The fraction of sp³-hybridized carbons (Fsp3) is 0.414. The Bertz CT molecular complexity index is 1620. The van der Waals surface area contributed by atoms with Gasteiger partial charge in [0, 0.05) is 56.7 Å². The molecule has 4 heterocycles. The molecular weight excluding hydrogens is 497 g/mol. The van der Waals surface area contributed by atoms with Gasteiger partial charge in [0.1, 0.15) is 5.82 Å². The largest absolute Gasteiger partial charge is 0.362 e. The van der Waals surface area contributed by atoms with E-state index in [-0.39, 0.29) is 29.5 Å². The molecule has 39 heavy (non-hydrogen) atoms. The Morgan fingerprint density at radius 2 is 1.87 bits per heavy atom. The maximum absolute atomic E-state index is 13.8. The summed E-state index contributed by atoms with van der Waals surface area (Å²) in [6, 6.07) is 11.7. The van der Waals surface area contributed by atoms with Crippen LogP contribution in [0.4, 0.5) is 15.9 Å². The topological polar surface area (TPSA) is 84.7 Å². The lowest BCUT2D eigenvalue weighted by molar-refractivity contribution is 0.104. The molecule has 1 saturated carbocycles. The van der Waals surface area contributed by atoms with Crippen LogP contribution in [0.25, 0.3) is 15.9 Å². The van der Waals surface area contributed by atoms with Crippen molar-refractivity contribution >= 4 is 22.5 Å². The van der Waals surface area contributed by atoms with Crippen LogP contribution in [0.15, 0.2) is 51.8 Å². The van der Waals surface area contributed by atoms with Gasteiger partial charge in [0.2, 0.25) is 11.4 Å². The van der Waals surface area contributed by atoms with Crippen LogP contribution in [0.3, 0.4) is 0 Å². The summed E-state index contributed by atoms with van der Waals surface area (Å²) in [6.07, 6.45) is 2.72. The van der Waals surface area contributed by atoms with Gasteiger partial charge in [-0.1, -0.05) is 23.9 Å². The number of hydrogen-bond acceptors (Lipinski definition) is 7. The summed E-state index contributed by atoms with van der Waals surface area (Å²) < 4.78 is 21.0. The van der Waals surface area contributed by atoms with Gasteiger partial charge in [0.15, 0.2) is 5.82 Å². The number of piperazine rings is 1. The van der Waals surface area contributed by atoms with Crippen molar-refractivity contribution in [3.8, 4) is 0 Å². The minimum Gasteiger partial charge on any atom is -0.362 e. The van der Waals surface area contributed by atoms with Crippen LogP contribution >= 0.6 is 0 Å². The highest BCUT2D eigenvalue weighted by molar-refractivity contribution is 5.89. The highest BCUT2D eigenvalue weighted by Crippen LogP contribution is 2.39. The quantitative estimate of drug-likeness (QED) is 0.334. The van der Waals surface area contributed by atoms with Crippen LogP contribution in [0.2, 0.25) is 0 Å². The number of aryl methyl sites for hydroxylation is 1. The number of anilines is 1. The molecule has 0 radical (unpaired) electrons. The van der Waals surface area contributed by atoms with Gasteiger partial charge in [-0.05, 0) is 56.5 Å². The molecule has 9 nitrogen and oxygen atoms in total. The summed E-state index contributed by atoms with van der Waals surface area (Å²) in [5, 5.41) is 4.20. The summed E-state index contributed by atoms with van der Waals surface area (Å²) >= 11 is 0. The Morgan fingerprint density at radius 1 is 1.10 bits per heavy atom. The highest BCUT2D eigenvalue weighted by Gasteiger charge is 2.37. The maximum atomic E-state index is 13.8. The lowest BCUT2D eigenvalue weighted by atomic mass is 9.96. The molecule has 1 aliphatic carbocycles. The van der Waals surface area contributed by atoms with E-state index in [2.05, 4.69) is 43.6 Å². The van der Waals surface area contributed by atoms with Crippen LogP contribution in [-0.4, -0.2) is 49.8 Å². The maximum Gasteiger partial charge on any atom is 0.270 e. The van der Waals surface area contributed by atoms with Crippen molar-refractivity contribution in [3.63, 3.8) is 0 Å². The van der Waals surface area contributed by atoms with E-state index in [0.29, 0.717) is 48.2 Å². The molecule has 6 rings (SSSR count). The zero-order chi connectivity index (χ0) is 27.3. The molecule has 0 spiro atoms. The number of aromatic nitrogens is 4. The normalized spacial score (nSPS) is 20.7. The third kappa shape index (κ3) is 4.79. The lowest BCUT2D eigenvalue weighted by Gasteiger charge is -2.48. The van der Waals surface area contributed by atoms with E-state index in [1.165, 1.54) is 12.1 Å². The van der Waals surface area contributed by atoms with Gasteiger partial charge in [-0.3, -0.25) is 9.69 Å². The Hall–Kier alpha value is -4.10. The molecule has 1 aliphatic heterocycles. The van der Waals surface area contributed by atoms with E-state index in [0.717, 1.165) is 29.9 Å². The monoisotopic (exact) mass is 527 g/mol. The number of pyridine rings is 2. The molecule has 10 heteroatoms. The second-order valence-corrected chi connectivity index (χ2v) is 10.7. The zero-order valence-corrected chi connectivity index (χ0v) is 22.2. The first-order valence-corrected chi connectivity index (χ1v) is 13.3. The average molecular weight is 528 g/mol. The summed E-state index contributed by atoms with van der Waals surface area (Å²) in [6.45, 7) is 13.0. The molecule has 1 unspecified atom stereocenters. The van der Waals surface area contributed by atoms with Crippen LogP contribution in [0.1, 0.15) is 55.9 Å². The van der Waals surface area contributed by atoms with E-state index in [9.17, 15) is 9.18 Å². The molecule has 3 atom stereocenters. The van der Waals surface area contributed by atoms with Crippen molar-refractivity contribution < 1.29 is 8.91 Å². The predicted molar refractivity (Wildman–Crippen MR) is 145 cm³/mol. The first-order valence-electron chi connectivity index (χ1n) is 13.3. The van der Waals surface area contributed by atoms with Gasteiger partial charge >= 0.3 is 0 Å². The Labute approximate surface area is 225 Å². The SMILES string of the molecule is [C-]#[N+]c1ccc2c(n1)c(N1C[C@@H](C)N(C(Cc3nc(C4CC4)no3)c3ccc(F)cc3)C[C@@H]1C)cc(=O)n2C. The van der Waals surface area contributed by atoms with E-state index >= 15 is 0 Å². The molecule has 0 amide bonds. The standard InChI is InChI=1S/C29H30FN7O2/c1-17-16-37(24-14-27(38)35(4)22-11-12-25(31-3)32-28(22)24)18(2)15-36(17)23(19-7-9-21(30)10-8-19)13-26-33-29(34-39-26)20-5-6-20/h7-12,14,17-18,20,23H,5-6,13,15-16H2,1-2,4H3/t17-,18+,23?/m1/s1. The fourth-order valence-electron chi connectivity index (χ4n) is 5.64. The minimum atomic E-state index is -0.277. The van der Waals surface area contributed by atoms with E-state index in [1.807, 2.05) is 12.1 Å². The van der Waals surface area contributed by atoms with E-state index in [4.69, 9.17) is 11.1 Å². The minimum absolute atomic E-state index is 0.0301.